The van der Waals surface area contributed by atoms with Crippen molar-refractivity contribution < 1.29 is 17.9 Å². The molecule has 2 fully saturated rings. The van der Waals surface area contributed by atoms with E-state index in [1.54, 1.807) is 0 Å². The van der Waals surface area contributed by atoms with Crippen molar-refractivity contribution in [3.05, 3.63) is 29.1 Å². The molecule has 1 aromatic rings. The van der Waals surface area contributed by atoms with Crippen molar-refractivity contribution in [3.8, 4) is 5.75 Å². The Labute approximate surface area is 167 Å². The summed E-state index contributed by atoms with van der Waals surface area (Å²) in [5.41, 5.74) is 1.99. The van der Waals surface area contributed by atoms with Crippen LogP contribution in [0.4, 0.5) is 13.2 Å². The van der Waals surface area contributed by atoms with E-state index in [1.807, 2.05) is 0 Å². The molecule has 0 aliphatic heterocycles. The zero-order valence-corrected chi connectivity index (χ0v) is 16.9. The van der Waals surface area contributed by atoms with Gasteiger partial charge in [0.1, 0.15) is 0 Å². The minimum Gasteiger partial charge on any atom is -0.432 e. The number of alkyl halides is 2. The second kappa shape index (κ2) is 8.67. The topological polar surface area (TPSA) is 9.23 Å². The summed E-state index contributed by atoms with van der Waals surface area (Å²) in [6, 6.07) is 2.94. The maximum atomic E-state index is 14.2. The van der Waals surface area contributed by atoms with E-state index in [0.29, 0.717) is 5.92 Å². The fourth-order valence-electron chi connectivity index (χ4n) is 6.49. The minimum absolute atomic E-state index is 0.309. The summed E-state index contributed by atoms with van der Waals surface area (Å²) in [5.74, 6) is 3.18. The summed E-state index contributed by atoms with van der Waals surface area (Å²) in [6.07, 6.45) is 13.8. The molecule has 3 aliphatic rings. The number of halogens is 3. The van der Waals surface area contributed by atoms with Crippen LogP contribution in [0, 0.1) is 35.4 Å². The van der Waals surface area contributed by atoms with Crippen LogP contribution in [0.15, 0.2) is 12.1 Å². The van der Waals surface area contributed by atoms with Gasteiger partial charge in [0, 0.05) is 0 Å². The molecule has 0 spiro atoms. The number of fused-ring (bicyclic) bond motifs is 2. The Morgan fingerprint density at radius 2 is 1.64 bits per heavy atom. The number of rotatable bonds is 5. The smallest absolute Gasteiger partial charge is 0.387 e. The third-order valence-electron chi connectivity index (χ3n) is 7.86. The van der Waals surface area contributed by atoms with Crippen LogP contribution in [-0.2, 0) is 12.8 Å². The number of hydrogen-bond donors (Lipinski definition) is 0. The summed E-state index contributed by atoms with van der Waals surface area (Å²) in [6.45, 7) is -0.679. The number of hydrogen-bond acceptors (Lipinski definition) is 1. The van der Waals surface area contributed by atoms with E-state index < -0.39 is 12.4 Å². The molecule has 0 saturated heterocycles. The molecule has 28 heavy (non-hydrogen) atoms. The highest BCUT2D eigenvalue weighted by Crippen LogP contribution is 2.49. The van der Waals surface area contributed by atoms with Crippen LogP contribution in [0.25, 0.3) is 0 Å². The number of ether oxygens (including phenoxy) is 1. The number of aryl methyl sites for hydroxylation is 1. The Hall–Kier alpha value is -1.19. The molecule has 0 bridgehead atoms. The van der Waals surface area contributed by atoms with E-state index >= 15 is 0 Å². The largest absolute Gasteiger partial charge is 0.432 e. The maximum absolute atomic E-state index is 14.2. The highest BCUT2D eigenvalue weighted by atomic mass is 19.3. The number of benzene rings is 1. The molecule has 5 unspecified atom stereocenters. The Kier molecular flexibility index (Phi) is 6.22. The van der Waals surface area contributed by atoms with Gasteiger partial charge in [-0.1, -0.05) is 26.2 Å². The highest BCUT2D eigenvalue weighted by molar-refractivity contribution is 5.39. The Morgan fingerprint density at radius 1 is 0.929 bits per heavy atom. The standard InChI is InChI=1S/C24H33F3O/c1-2-3-15-4-5-17-11-18(7-6-16(17)10-15)19-8-9-20-14-23(28-24(26)27)22(25)13-21(20)12-19/h13-19,24H,2-12H2,1H3. The zero-order valence-electron chi connectivity index (χ0n) is 16.9. The van der Waals surface area contributed by atoms with E-state index in [1.165, 1.54) is 63.5 Å². The van der Waals surface area contributed by atoms with E-state index in [-0.39, 0.29) is 5.75 Å². The average molecular weight is 395 g/mol. The average Bonchev–Trinajstić information content (AvgIpc) is 2.68. The fourth-order valence-corrected chi connectivity index (χ4v) is 6.49. The van der Waals surface area contributed by atoms with Crippen LogP contribution in [0.1, 0.15) is 75.8 Å². The third-order valence-corrected chi connectivity index (χ3v) is 7.86. The van der Waals surface area contributed by atoms with E-state index in [2.05, 4.69) is 11.7 Å². The second-order valence-corrected chi connectivity index (χ2v) is 9.49. The predicted octanol–water partition coefficient (Wildman–Crippen LogP) is 7.16. The lowest BCUT2D eigenvalue weighted by Gasteiger charge is -2.45. The molecule has 0 heterocycles. The molecule has 156 valence electrons. The van der Waals surface area contributed by atoms with Crippen LogP contribution >= 0.6 is 0 Å². The monoisotopic (exact) mass is 394 g/mol. The van der Waals surface area contributed by atoms with E-state index in [4.69, 9.17) is 0 Å². The first-order valence-electron chi connectivity index (χ1n) is 11.3. The zero-order chi connectivity index (χ0) is 19.7. The van der Waals surface area contributed by atoms with Gasteiger partial charge in [-0.25, -0.2) is 4.39 Å². The predicted molar refractivity (Wildman–Crippen MR) is 105 cm³/mol. The van der Waals surface area contributed by atoms with Gasteiger partial charge in [-0.2, -0.15) is 8.78 Å². The fraction of sp³-hybridized carbons (Fsp3) is 0.750. The molecule has 1 aromatic carbocycles. The molecular weight excluding hydrogens is 361 g/mol. The quantitative estimate of drug-likeness (QED) is 0.514. The van der Waals surface area contributed by atoms with Crippen molar-refractivity contribution in [3.63, 3.8) is 0 Å². The molecule has 4 rings (SSSR count). The van der Waals surface area contributed by atoms with Crippen LogP contribution in [0.3, 0.4) is 0 Å². The Bertz CT molecular complexity index is 674. The highest BCUT2D eigenvalue weighted by Gasteiger charge is 2.38. The van der Waals surface area contributed by atoms with E-state index in [9.17, 15) is 13.2 Å². The van der Waals surface area contributed by atoms with Gasteiger partial charge < -0.3 is 4.74 Å². The van der Waals surface area contributed by atoms with Crippen molar-refractivity contribution in [1.29, 1.82) is 0 Å². The molecule has 0 N–H and O–H groups in total. The lowest BCUT2D eigenvalue weighted by molar-refractivity contribution is -0.0522. The molecular formula is C24H33F3O. The van der Waals surface area contributed by atoms with Gasteiger partial charge in [0.25, 0.3) is 0 Å². The van der Waals surface area contributed by atoms with Crippen LogP contribution in [0.5, 0.6) is 5.75 Å². The van der Waals surface area contributed by atoms with Crippen molar-refractivity contribution in [2.75, 3.05) is 0 Å². The Balaban J connectivity index is 1.38. The van der Waals surface area contributed by atoms with Crippen LogP contribution in [0.2, 0.25) is 0 Å². The minimum atomic E-state index is -2.98. The summed E-state index contributed by atoms with van der Waals surface area (Å²) in [5, 5.41) is 0. The van der Waals surface area contributed by atoms with Crippen molar-refractivity contribution in [1.82, 2.24) is 0 Å². The third kappa shape index (κ3) is 4.36. The summed E-state index contributed by atoms with van der Waals surface area (Å²) in [7, 11) is 0. The molecule has 1 nitrogen and oxygen atoms in total. The van der Waals surface area contributed by atoms with Crippen molar-refractivity contribution in [2.45, 2.75) is 84.2 Å². The van der Waals surface area contributed by atoms with Gasteiger partial charge in [-0.05, 0) is 104 Å². The summed E-state index contributed by atoms with van der Waals surface area (Å²) >= 11 is 0. The molecule has 3 aliphatic carbocycles. The van der Waals surface area contributed by atoms with Gasteiger partial charge >= 0.3 is 6.61 Å². The van der Waals surface area contributed by atoms with Crippen molar-refractivity contribution >= 4 is 0 Å². The van der Waals surface area contributed by atoms with Gasteiger partial charge in [0.15, 0.2) is 11.6 Å². The molecule has 5 atom stereocenters. The maximum Gasteiger partial charge on any atom is 0.387 e. The molecule has 0 amide bonds. The summed E-state index contributed by atoms with van der Waals surface area (Å²) < 4.78 is 43.4. The Morgan fingerprint density at radius 3 is 2.39 bits per heavy atom. The van der Waals surface area contributed by atoms with Gasteiger partial charge in [0.05, 0.1) is 0 Å². The molecule has 2 saturated carbocycles. The first-order chi connectivity index (χ1) is 13.5. The first kappa shape index (κ1) is 20.1. The first-order valence-corrected chi connectivity index (χ1v) is 11.3. The lowest BCUT2D eigenvalue weighted by atomic mass is 9.61. The van der Waals surface area contributed by atoms with E-state index in [0.717, 1.165) is 54.1 Å². The van der Waals surface area contributed by atoms with Crippen LogP contribution in [-0.4, -0.2) is 6.61 Å². The van der Waals surface area contributed by atoms with Gasteiger partial charge in [0.2, 0.25) is 0 Å². The SMILES string of the molecule is CCCC1CCC2CC(C3CCc4cc(OC(F)F)c(F)cc4C3)CCC2C1. The van der Waals surface area contributed by atoms with Crippen LogP contribution < -0.4 is 4.74 Å². The lowest BCUT2D eigenvalue weighted by Crippen LogP contribution is -2.35. The molecule has 0 radical (unpaired) electrons. The van der Waals surface area contributed by atoms with Gasteiger partial charge in [-0.15, -0.1) is 0 Å². The second-order valence-electron chi connectivity index (χ2n) is 9.49. The molecule has 0 aromatic heterocycles. The summed E-state index contributed by atoms with van der Waals surface area (Å²) in [4.78, 5) is 0. The normalized spacial score (nSPS) is 32.7. The van der Waals surface area contributed by atoms with Gasteiger partial charge in [-0.3, -0.25) is 0 Å². The van der Waals surface area contributed by atoms with Crippen molar-refractivity contribution in [2.24, 2.45) is 29.6 Å². The molecule has 4 heteroatoms.